The summed E-state index contributed by atoms with van der Waals surface area (Å²) >= 11 is 0. The number of non-ortho nitro benzene ring substituents is 1. The number of benzene rings is 2. The van der Waals surface area contributed by atoms with Gasteiger partial charge in [-0.05, 0) is 43.7 Å². The highest BCUT2D eigenvalue weighted by molar-refractivity contribution is 7.86. The first-order valence-electron chi connectivity index (χ1n) is 10.7. The first-order chi connectivity index (χ1) is 16.5. The van der Waals surface area contributed by atoms with Crippen molar-refractivity contribution in [3.63, 3.8) is 0 Å². The molecule has 2 aliphatic heterocycles. The second-order valence-corrected chi connectivity index (χ2v) is 9.91. The molecule has 3 atom stereocenters. The molecule has 4 rings (SSSR count). The lowest BCUT2D eigenvalue weighted by Gasteiger charge is -2.44. The summed E-state index contributed by atoms with van der Waals surface area (Å²) in [6, 6.07) is 10.6. The number of aryl methyl sites for hydroxylation is 1. The molecule has 2 unspecified atom stereocenters. The van der Waals surface area contributed by atoms with Crippen LogP contribution in [0, 0.1) is 23.0 Å². The van der Waals surface area contributed by atoms with Crippen LogP contribution in [-0.4, -0.2) is 47.4 Å². The third-order valence-electron chi connectivity index (χ3n) is 5.92. The van der Waals surface area contributed by atoms with Crippen LogP contribution in [0.15, 0.2) is 64.9 Å². The zero-order valence-corrected chi connectivity index (χ0v) is 19.6. The molecule has 0 radical (unpaired) electrons. The normalized spacial score (nSPS) is 20.2. The number of carbonyl (C=O) groups is 2. The molecule has 1 fully saturated rings. The fraction of sp³-hybridized carbons (Fsp3) is 0.304. The van der Waals surface area contributed by atoms with E-state index in [1.165, 1.54) is 43.3 Å². The van der Waals surface area contributed by atoms with Gasteiger partial charge in [0.25, 0.3) is 5.69 Å². The van der Waals surface area contributed by atoms with E-state index < -0.39 is 45.0 Å². The van der Waals surface area contributed by atoms with Crippen LogP contribution >= 0.6 is 0 Å². The largest absolute Gasteiger partial charge is 0.456 e. The number of ether oxygens (including phenoxy) is 1. The summed E-state index contributed by atoms with van der Waals surface area (Å²) in [6.45, 7) is 2.96. The van der Waals surface area contributed by atoms with Gasteiger partial charge >= 0.3 is 16.1 Å². The molecule has 0 bridgehead atoms. The van der Waals surface area contributed by atoms with Crippen LogP contribution in [0.4, 0.5) is 5.69 Å². The number of fused-ring (bicyclic) bond motifs is 1. The number of carbonyl (C=O) groups excluding carboxylic acids is 2. The van der Waals surface area contributed by atoms with Crippen molar-refractivity contribution < 1.29 is 37.0 Å². The minimum Gasteiger partial charge on any atom is -0.456 e. The molecule has 1 N–H and O–H groups in total. The maximum Gasteiger partial charge on any atom is 0.358 e. The zero-order chi connectivity index (χ0) is 25.5. The predicted molar refractivity (Wildman–Crippen MR) is 120 cm³/mol. The third-order valence-corrected chi connectivity index (χ3v) is 7.19. The maximum atomic E-state index is 13.0. The Kier molecular flexibility index (Phi) is 6.34. The van der Waals surface area contributed by atoms with Crippen molar-refractivity contribution in [2.24, 2.45) is 5.92 Å². The lowest BCUT2D eigenvalue weighted by atomic mass is 9.83. The molecule has 35 heavy (non-hydrogen) atoms. The number of nitro groups is 1. The van der Waals surface area contributed by atoms with E-state index in [9.17, 15) is 33.2 Å². The number of amides is 1. The molecular formula is C23H22N2O9S. The van der Waals surface area contributed by atoms with E-state index in [2.05, 4.69) is 0 Å². The smallest absolute Gasteiger partial charge is 0.358 e. The second kappa shape index (κ2) is 9.12. The molecule has 12 heteroatoms. The van der Waals surface area contributed by atoms with Gasteiger partial charge in [-0.2, -0.15) is 8.42 Å². The molecule has 2 aliphatic rings. The van der Waals surface area contributed by atoms with Gasteiger partial charge in [-0.25, -0.2) is 4.79 Å². The van der Waals surface area contributed by atoms with Gasteiger partial charge in [-0.3, -0.25) is 19.8 Å². The Labute approximate surface area is 200 Å². The Morgan fingerprint density at radius 3 is 2.40 bits per heavy atom. The van der Waals surface area contributed by atoms with E-state index >= 15 is 0 Å². The van der Waals surface area contributed by atoms with E-state index in [0.29, 0.717) is 5.56 Å². The van der Waals surface area contributed by atoms with Crippen molar-refractivity contribution in [2.45, 2.75) is 43.9 Å². The number of rotatable bonds is 8. The highest BCUT2D eigenvalue weighted by atomic mass is 32.2. The van der Waals surface area contributed by atoms with E-state index in [1.54, 1.807) is 19.1 Å². The summed E-state index contributed by atoms with van der Waals surface area (Å²) in [5, 5.41) is 20.8. The molecule has 0 aliphatic carbocycles. The van der Waals surface area contributed by atoms with Gasteiger partial charge in [0.2, 0.25) is 5.91 Å². The Hall–Kier alpha value is -3.77. The van der Waals surface area contributed by atoms with Gasteiger partial charge in [-0.15, -0.1) is 0 Å². The molecule has 184 valence electrons. The number of hydrogen-bond acceptors (Lipinski definition) is 9. The van der Waals surface area contributed by atoms with Crippen molar-refractivity contribution in [1.29, 1.82) is 0 Å². The summed E-state index contributed by atoms with van der Waals surface area (Å²) in [5.41, 5.74) is 0.822. The van der Waals surface area contributed by atoms with E-state index in [-0.39, 0.29) is 35.1 Å². The number of nitrogens with zero attached hydrogens (tertiary/aromatic N) is 2. The summed E-state index contributed by atoms with van der Waals surface area (Å²) in [5.74, 6) is -2.59. The van der Waals surface area contributed by atoms with Crippen molar-refractivity contribution in [2.75, 3.05) is 0 Å². The van der Waals surface area contributed by atoms with Crippen LogP contribution in [0.25, 0.3) is 0 Å². The molecule has 1 amide bonds. The molecule has 2 aromatic rings. The molecular weight excluding hydrogens is 480 g/mol. The van der Waals surface area contributed by atoms with Crippen LogP contribution in [0.2, 0.25) is 0 Å². The standard InChI is InChI=1S/C23H22N2O9S/c1-13-3-9-17(10-4-13)35(31,32)34-19-11-18-20(14(2)26)22(27)24(18)21(19)23(28)33-12-15-5-7-16(8-6-15)25(29)30/h3-10,14,18,20,26H,11-12H2,1-2H3/t14-,18?,20?/m1/s1. The predicted octanol–water partition coefficient (Wildman–Crippen LogP) is 2.18. The van der Waals surface area contributed by atoms with Crippen molar-refractivity contribution in [3.05, 3.63) is 81.2 Å². The van der Waals surface area contributed by atoms with Gasteiger partial charge in [0.05, 0.1) is 23.0 Å². The number of nitro benzene ring substituents is 1. The summed E-state index contributed by atoms with van der Waals surface area (Å²) in [6.07, 6.45) is -1.09. The van der Waals surface area contributed by atoms with Gasteiger partial charge in [0.15, 0.2) is 11.5 Å². The van der Waals surface area contributed by atoms with Crippen LogP contribution in [0.5, 0.6) is 0 Å². The summed E-state index contributed by atoms with van der Waals surface area (Å²) in [7, 11) is -4.31. The first kappa shape index (κ1) is 24.4. The van der Waals surface area contributed by atoms with Gasteiger partial charge in [0.1, 0.15) is 11.5 Å². The molecule has 2 heterocycles. The van der Waals surface area contributed by atoms with Gasteiger partial charge in [-0.1, -0.05) is 17.7 Å². The van der Waals surface area contributed by atoms with Crippen molar-refractivity contribution >= 4 is 27.7 Å². The highest BCUT2D eigenvalue weighted by Gasteiger charge is 2.58. The Balaban J connectivity index is 1.59. The SMILES string of the molecule is Cc1ccc(S(=O)(=O)OC2=C(C(=O)OCc3ccc([N+](=O)[O-])cc3)N3C(=O)C([C@@H](C)O)C3C2)cc1. The highest BCUT2D eigenvalue weighted by Crippen LogP contribution is 2.45. The van der Waals surface area contributed by atoms with E-state index in [0.717, 1.165) is 10.5 Å². The average Bonchev–Trinajstić information content (AvgIpc) is 3.10. The van der Waals surface area contributed by atoms with Crippen LogP contribution < -0.4 is 0 Å². The molecule has 11 nitrogen and oxygen atoms in total. The first-order valence-corrected chi connectivity index (χ1v) is 12.1. The zero-order valence-electron chi connectivity index (χ0n) is 18.8. The Morgan fingerprint density at radius 1 is 1.20 bits per heavy atom. The Bertz CT molecular complexity index is 1320. The van der Waals surface area contributed by atoms with Crippen LogP contribution in [0.1, 0.15) is 24.5 Å². The number of hydrogen-bond donors (Lipinski definition) is 1. The Morgan fingerprint density at radius 2 is 1.83 bits per heavy atom. The fourth-order valence-electron chi connectivity index (χ4n) is 4.11. The minimum atomic E-state index is -4.31. The number of esters is 1. The topological polar surface area (TPSA) is 153 Å². The number of aliphatic hydroxyl groups is 1. The fourth-order valence-corrected chi connectivity index (χ4v) is 5.09. The third kappa shape index (κ3) is 4.62. The molecule has 0 spiro atoms. The molecule has 0 aromatic heterocycles. The molecule has 2 aromatic carbocycles. The summed E-state index contributed by atoms with van der Waals surface area (Å²) in [4.78, 5) is 36.8. The van der Waals surface area contributed by atoms with Crippen molar-refractivity contribution in [1.82, 2.24) is 4.90 Å². The van der Waals surface area contributed by atoms with E-state index in [4.69, 9.17) is 8.92 Å². The lowest BCUT2D eigenvalue weighted by Crippen LogP contribution is -2.61. The van der Waals surface area contributed by atoms with Crippen LogP contribution in [0.3, 0.4) is 0 Å². The lowest BCUT2D eigenvalue weighted by molar-refractivity contribution is -0.384. The van der Waals surface area contributed by atoms with Crippen LogP contribution in [-0.2, 0) is 35.2 Å². The van der Waals surface area contributed by atoms with Gasteiger partial charge < -0.3 is 14.0 Å². The van der Waals surface area contributed by atoms with Gasteiger partial charge in [0, 0.05) is 18.6 Å². The van der Waals surface area contributed by atoms with Crippen molar-refractivity contribution in [3.8, 4) is 0 Å². The quantitative estimate of drug-likeness (QED) is 0.188. The summed E-state index contributed by atoms with van der Waals surface area (Å²) < 4.78 is 36.3. The van der Waals surface area contributed by atoms with E-state index in [1.807, 2.05) is 0 Å². The second-order valence-electron chi connectivity index (χ2n) is 8.37. The monoisotopic (exact) mass is 502 g/mol. The molecule has 1 saturated heterocycles. The molecule has 0 saturated carbocycles. The maximum absolute atomic E-state index is 13.0. The minimum absolute atomic E-state index is 0.0889. The average molecular weight is 503 g/mol. The number of aliphatic hydroxyl groups excluding tert-OH is 1. The number of β-lactam (4-membered cyclic amide) rings is 1.